The summed E-state index contributed by atoms with van der Waals surface area (Å²) in [6, 6.07) is 3.60. The first-order chi connectivity index (χ1) is 7.79. The van der Waals surface area contributed by atoms with E-state index >= 15 is 0 Å². The SMILES string of the molecule is C#CCSCCNc1nccc(C#N)c1N. The molecule has 5 heteroatoms. The third kappa shape index (κ3) is 3.38. The van der Waals surface area contributed by atoms with Crippen molar-refractivity contribution in [1.29, 1.82) is 5.26 Å². The molecule has 4 nitrogen and oxygen atoms in total. The van der Waals surface area contributed by atoms with Crippen molar-refractivity contribution >= 4 is 23.3 Å². The quantitative estimate of drug-likeness (QED) is 0.591. The van der Waals surface area contributed by atoms with Crippen LogP contribution in [0.1, 0.15) is 5.56 Å². The Morgan fingerprint density at radius 3 is 3.12 bits per heavy atom. The molecule has 1 heterocycles. The number of pyridine rings is 1. The lowest BCUT2D eigenvalue weighted by molar-refractivity contribution is 1.17. The minimum Gasteiger partial charge on any atom is -0.395 e. The summed E-state index contributed by atoms with van der Waals surface area (Å²) in [7, 11) is 0. The molecule has 3 N–H and O–H groups in total. The molecule has 0 saturated carbocycles. The Hall–Kier alpha value is -1.85. The predicted molar refractivity (Wildman–Crippen MR) is 68.0 cm³/mol. The molecular weight excluding hydrogens is 220 g/mol. The molecule has 0 fully saturated rings. The second-order valence-corrected chi connectivity index (χ2v) is 4.02. The van der Waals surface area contributed by atoms with E-state index in [9.17, 15) is 0 Å². The molecule has 0 unspecified atom stereocenters. The number of nitriles is 1. The average Bonchev–Trinajstić information content (AvgIpc) is 2.31. The van der Waals surface area contributed by atoms with Crippen LogP contribution in [0.15, 0.2) is 12.3 Å². The van der Waals surface area contributed by atoms with Crippen molar-refractivity contribution in [3.05, 3.63) is 17.8 Å². The minimum atomic E-state index is 0.395. The van der Waals surface area contributed by atoms with Gasteiger partial charge in [0, 0.05) is 18.5 Å². The van der Waals surface area contributed by atoms with Crippen LogP contribution in [0.25, 0.3) is 0 Å². The molecule has 0 bridgehead atoms. The highest BCUT2D eigenvalue weighted by Gasteiger charge is 2.04. The van der Waals surface area contributed by atoms with Crippen LogP contribution < -0.4 is 11.1 Å². The standard InChI is InChI=1S/C11H12N4S/c1-2-6-16-7-5-15-11-10(13)9(8-12)3-4-14-11/h1,3-4H,5-7,13H2,(H,14,15). The first-order valence-corrected chi connectivity index (χ1v) is 5.84. The van der Waals surface area contributed by atoms with Crippen molar-refractivity contribution in [2.75, 3.05) is 29.1 Å². The van der Waals surface area contributed by atoms with Crippen molar-refractivity contribution in [2.45, 2.75) is 0 Å². The topological polar surface area (TPSA) is 74.7 Å². The zero-order chi connectivity index (χ0) is 11.8. The Morgan fingerprint density at radius 2 is 2.44 bits per heavy atom. The lowest BCUT2D eigenvalue weighted by atomic mass is 10.2. The molecule has 1 aromatic heterocycles. The summed E-state index contributed by atoms with van der Waals surface area (Å²) in [5.41, 5.74) is 6.58. The summed E-state index contributed by atoms with van der Waals surface area (Å²) in [5.74, 6) is 4.68. The maximum Gasteiger partial charge on any atom is 0.150 e. The van der Waals surface area contributed by atoms with Gasteiger partial charge in [-0.3, -0.25) is 0 Å². The van der Waals surface area contributed by atoms with Gasteiger partial charge in [-0.25, -0.2) is 4.98 Å². The van der Waals surface area contributed by atoms with Crippen LogP contribution in [0.3, 0.4) is 0 Å². The number of terminal acetylenes is 1. The van der Waals surface area contributed by atoms with E-state index in [0.29, 0.717) is 22.8 Å². The maximum absolute atomic E-state index is 8.77. The van der Waals surface area contributed by atoms with E-state index in [1.165, 1.54) is 0 Å². The van der Waals surface area contributed by atoms with E-state index < -0.39 is 0 Å². The van der Waals surface area contributed by atoms with Crippen molar-refractivity contribution in [3.63, 3.8) is 0 Å². The fourth-order valence-electron chi connectivity index (χ4n) is 1.08. The van der Waals surface area contributed by atoms with Gasteiger partial charge < -0.3 is 11.1 Å². The Morgan fingerprint density at radius 1 is 1.62 bits per heavy atom. The van der Waals surface area contributed by atoms with Crippen LogP contribution in [0.4, 0.5) is 11.5 Å². The largest absolute Gasteiger partial charge is 0.395 e. The molecule has 0 amide bonds. The van der Waals surface area contributed by atoms with Gasteiger partial charge in [-0.15, -0.1) is 18.2 Å². The summed E-state index contributed by atoms with van der Waals surface area (Å²) in [4.78, 5) is 4.07. The molecule has 16 heavy (non-hydrogen) atoms. The highest BCUT2D eigenvalue weighted by molar-refractivity contribution is 7.99. The number of nitrogen functional groups attached to an aromatic ring is 1. The summed E-state index contributed by atoms with van der Waals surface area (Å²) in [6.45, 7) is 0.721. The number of nitrogens with zero attached hydrogens (tertiary/aromatic N) is 2. The Kier molecular flexibility index (Phi) is 5.04. The maximum atomic E-state index is 8.77. The molecule has 0 aliphatic rings. The lowest BCUT2D eigenvalue weighted by Crippen LogP contribution is -2.09. The molecule has 0 aliphatic heterocycles. The molecule has 82 valence electrons. The lowest BCUT2D eigenvalue weighted by Gasteiger charge is -2.07. The molecule has 0 aromatic carbocycles. The minimum absolute atomic E-state index is 0.395. The van der Waals surface area contributed by atoms with E-state index in [1.54, 1.807) is 24.0 Å². The summed E-state index contributed by atoms with van der Waals surface area (Å²) in [6.07, 6.45) is 6.69. The van der Waals surface area contributed by atoms with Crippen LogP contribution in [0.5, 0.6) is 0 Å². The first kappa shape index (κ1) is 12.2. The van der Waals surface area contributed by atoms with Gasteiger partial charge in [0.2, 0.25) is 0 Å². The molecule has 0 aliphatic carbocycles. The first-order valence-electron chi connectivity index (χ1n) is 4.69. The normalized spacial score (nSPS) is 9.12. The number of nitrogens with one attached hydrogen (secondary N) is 1. The number of rotatable bonds is 5. The van der Waals surface area contributed by atoms with Crippen molar-refractivity contribution in [2.24, 2.45) is 0 Å². The number of anilines is 2. The van der Waals surface area contributed by atoms with Crippen LogP contribution in [-0.2, 0) is 0 Å². The molecule has 0 spiro atoms. The zero-order valence-electron chi connectivity index (χ0n) is 8.73. The molecular formula is C11H12N4S. The van der Waals surface area contributed by atoms with Crippen LogP contribution >= 0.6 is 11.8 Å². The van der Waals surface area contributed by atoms with Gasteiger partial charge in [-0.05, 0) is 6.07 Å². The van der Waals surface area contributed by atoms with Crippen molar-refractivity contribution < 1.29 is 0 Å². The second kappa shape index (κ2) is 6.60. The monoisotopic (exact) mass is 232 g/mol. The van der Waals surface area contributed by atoms with E-state index in [1.807, 2.05) is 6.07 Å². The number of hydrogen-bond acceptors (Lipinski definition) is 5. The fraction of sp³-hybridized carbons (Fsp3) is 0.273. The van der Waals surface area contributed by atoms with Gasteiger partial charge in [0.15, 0.2) is 5.82 Å². The van der Waals surface area contributed by atoms with E-state index in [-0.39, 0.29) is 0 Å². The van der Waals surface area contributed by atoms with Gasteiger partial charge in [0.1, 0.15) is 6.07 Å². The smallest absolute Gasteiger partial charge is 0.150 e. The number of thioether (sulfide) groups is 1. The molecule has 1 rings (SSSR count). The van der Waals surface area contributed by atoms with Gasteiger partial charge in [0.05, 0.1) is 17.0 Å². The molecule has 0 saturated heterocycles. The predicted octanol–water partition coefficient (Wildman–Crippen LogP) is 1.31. The highest BCUT2D eigenvalue weighted by Crippen LogP contribution is 2.18. The third-order valence-corrected chi connectivity index (χ3v) is 2.70. The van der Waals surface area contributed by atoms with Crippen molar-refractivity contribution in [1.82, 2.24) is 4.98 Å². The summed E-state index contributed by atoms with van der Waals surface area (Å²) in [5, 5.41) is 11.8. The molecule has 1 aromatic rings. The van der Waals surface area contributed by atoms with Gasteiger partial charge in [-0.2, -0.15) is 5.26 Å². The van der Waals surface area contributed by atoms with Crippen LogP contribution in [0.2, 0.25) is 0 Å². The van der Waals surface area contributed by atoms with Crippen LogP contribution in [-0.4, -0.2) is 23.0 Å². The molecule has 0 radical (unpaired) electrons. The second-order valence-electron chi connectivity index (χ2n) is 2.92. The van der Waals surface area contributed by atoms with Crippen molar-refractivity contribution in [3.8, 4) is 18.4 Å². The van der Waals surface area contributed by atoms with E-state index in [0.717, 1.165) is 12.3 Å². The molecule has 0 atom stereocenters. The summed E-state index contributed by atoms with van der Waals surface area (Å²) >= 11 is 1.66. The third-order valence-electron chi connectivity index (χ3n) is 1.83. The van der Waals surface area contributed by atoms with E-state index in [2.05, 4.69) is 16.2 Å². The Bertz CT molecular complexity index is 431. The van der Waals surface area contributed by atoms with E-state index in [4.69, 9.17) is 17.4 Å². The Labute approximate surface area is 99.2 Å². The highest BCUT2D eigenvalue weighted by atomic mass is 32.2. The van der Waals surface area contributed by atoms with Gasteiger partial charge in [-0.1, -0.05) is 5.92 Å². The fourth-order valence-corrected chi connectivity index (χ4v) is 1.59. The summed E-state index contributed by atoms with van der Waals surface area (Å²) < 4.78 is 0. The number of nitrogens with two attached hydrogens (primary N) is 1. The number of aromatic nitrogens is 1. The zero-order valence-corrected chi connectivity index (χ0v) is 9.55. The Balaban J connectivity index is 2.49. The number of hydrogen-bond donors (Lipinski definition) is 2. The van der Waals surface area contributed by atoms with Gasteiger partial charge in [0.25, 0.3) is 0 Å². The van der Waals surface area contributed by atoms with Crippen LogP contribution in [0, 0.1) is 23.7 Å². The van der Waals surface area contributed by atoms with Gasteiger partial charge >= 0.3 is 0 Å². The average molecular weight is 232 g/mol.